The Labute approximate surface area is 361 Å². The molecular weight excluding hydrogens is 811 g/mol. The predicted molar refractivity (Wildman–Crippen MR) is 231 cm³/mol. The van der Waals surface area contributed by atoms with Crippen molar-refractivity contribution in [3.05, 3.63) is 114 Å². The predicted octanol–water partition coefficient (Wildman–Crippen LogP) is 7.88. The van der Waals surface area contributed by atoms with Crippen molar-refractivity contribution in [3.63, 3.8) is 0 Å². The number of aromatic amines is 2. The number of nitrogens with zero attached hydrogens (tertiary/aromatic N) is 4. The summed E-state index contributed by atoms with van der Waals surface area (Å²) in [6, 6.07) is 24.8. The fraction of sp³-hybridized carbons (Fsp3) is 0.319. The zero-order chi connectivity index (χ0) is 44.2. The number of alkyl carbamates (subject to hydrolysis) is 2. The first kappa shape index (κ1) is 41.3. The topological polar surface area (TPSA) is 175 Å². The first-order valence-electron chi connectivity index (χ1n) is 20.9. The largest absolute Gasteiger partial charge is 0.453 e. The molecule has 0 bridgehead atoms. The molecule has 3 aliphatic rings. The average molecular weight is 857 g/mol. The van der Waals surface area contributed by atoms with Crippen molar-refractivity contribution in [2.24, 2.45) is 5.92 Å². The highest BCUT2D eigenvalue weighted by atomic mass is 19.3. The highest BCUT2D eigenvalue weighted by Crippen LogP contribution is 2.45. The SMILES string of the molecule is COC(=O)N[C@H]1CCc2cccc3c2N(C1=O)[C@H](c1ncc(-c2ccc(-c4ccc(-c5ccc6nc([C@@H]7CC(F)(F)CN7C(=O)[C@@H](NC(=O)OC)C(C)C)[nH]c6c5)cc4)cc2)[nH]1)C3. The van der Waals surface area contributed by atoms with Gasteiger partial charge in [-0.3, -0.25) is 14.5 Å². The summed E-state index contributed by atoms with van der Waals surface area (Å²) >= 11 is 0. The van der Waals surface area contributed by atoms with Crippen molar-refractivity contribution in [2.45, 2.75) is 69.6 Å². The van der Waals surface area contributed by atoms with Crippen LogP contribution < -0.4 is 15.5 Å². The Kier molecular flexibility index (Phi) is 10.7. The number of alkyl halides is 2. The molecule has 2 aromatic heterocycles. The van der Waals surface area contributed by atoms with E-state index in [9.17, 15) is 28.0 Å². The number of hydrogen-bond acceptors (Lipinski definition) is 8. The van der Waals surface area contributed by atoms with E-state index in [4.69, 9.17) is 9.72 Å². The van der Waals surface area contributed by atoms with Crippen molar-refractivity contribution in [1.29, 1.82) is 0 Å². The molecule has 14 nitrogen and oxygen atoms in total. The van der Waals surface area contributed by atoms with Gasteiger partial charge in [0.15, 0.2) is 0 Å². The van der Waals surface area contributed by atoms with Crippen LogP contribution >= 0.6 is 0 Å². The molecule has 3 aliphatic heterocycles. The number of halogens is 2. The van der Waals surface area contributed by atoms with E-state index in [0.29, 0.717) is 36.1 Å². The zero-order valence-corrected chi connectivity index (χ0v) is 35.1. The molecule has 63 heavy (non-hydrogen) atoms. The van der Waals surface area contributed by atoms with Crippen LogP contribution in [0.1, 0.15) is 61.5 Å². The Morgan fingerprint density at radius 1 is 0.825 bits per heavy atom. The van der Waals surface area contributed by atoms with Gasteiger partial charge in [0.1, 0.15) is 23.7 Å². The number of aromatic nitrogens is 4. The van der Waals surface area contributed by atoms with E-state index in [1.54, 1.807) is 24.9 Å². The Morgan fingerprint density at radius 2 is 1.48 bits per heavy atom. The fourth-order valence-electron chi connectivity index (χ4n) is 9.07. The maximum absolute atomic E-state index is 14.9. The number of rotatable bonds is 9. The Hall–Kier alpha value is -7.10. The number of aryl methyl sites for hydroxylation is 1. The molecule has 0 aliphatic carbocycles. The number of imidazole rings is 2. The third-order valence-electron chi connectivity index (χ3n) is 12.3. The number of ether oxygens (including phenoxy) is 2. The van der Waals surface area contributed by atoms with E-state index in [1.165, 1.54) is 14.2 Å². The highest BCUT2D eigenvalue weighted by Gasteiger charge is 2.50. The number of hydrogen-bond donors (Lipinski definition) is 4. The smallest absolute Gasteiger partial charge is 0.407 e. The van der Waals surface area contributed by atoms with E-state index in [0.717, 1.165) is 55.2 Å². The second kappa shape index (κ2) is 16.3. The quantitative estimate of drug-likeness (QED) is 0.114. The molecule has 0 saturated carbocycles. The molecule has 9 rings (SSSR count). The van der Waals surface area contributed by atoms with Gasteiger partial charge in [-0.05, 0) is 69.8 Å². The Balaban J connectivity index is 0.900. The molecule has 0 unspecified atom stereocenters. The summed E-state index contributed by atoms with van der Waals surface area (Å²) in [5.74, 6) is -3.43. The van der Waals surface area contributed by atoms with Gasteiger partial charge in [-0.25, -0.2) is 28.3 Å². The number of fused-ring (bicyclic) bond motifs is 1. The number of methoxy groups -OCH3 is 2. The molecule has 4 N–H and O–H groups in total. The van der Waals surface area contributed by atoms with Crippen LogP contribution in [0.3, 0.4) is 0 Å². The van der Waals surface area contributed by atoms with Gasteiger partial charge in [0.2, 0.25) is 11.8 Å². The summed E-state index contributed by atoms with van der Waals surface area (Å²) < 4.78 is 39.3. The van der Waals surface area contributed by atoms with Gasteiger partial charge in [0, 0.05) is 12.8 Å². The molecule has 1 fully saturated rings. The number of benzene rings is 4. The second-order valence-electron chi connectivity index (χ2n) is 16.7. The molecule has 1 saturated heterocycles. The first-order chi connectivity index (χ1) is 30.3. The van der Waals surface area contributed by atoms with Crippen LogP contribution in [0.4, 0.5) is 24.1 Å². The monoisotopic (exact) mass is 856 g/mol. The van der Waals surface area contributed by atoms with Crippen LogP contribution in [-0.2, 0) is 31.9 Å². The van der Waals surface area contributed by atoms with Crippen LogP contribution in [-0.4, -0.2) is 87.6 Å². The molecule has 6 aromatic rings. The van der Waals surface area contributed by atoms with Crippen molar-refractivity contribution < 1.29 is 37.4 Å². The summed E-state index contributed by atoms with van der Waals surface area (Å²) in [7, 11) is 2.46. The lowest BCUT2D eigenvalue weighted by Crippen LogP contribution is -2.51. The van der Waals surface area contributed by atoms with Crippen LogP contribution in [0, 0.1) is 5.92 Å². The van der Waals surface area contributed by atoms with Gasteiger partial charge >= 0.3 is 12.2 Å². The fourth-order valence-corrected chi connectivity index (χ4v) is 9.07. The van der Waals surface area contributed by atoms with E-state index in [1.807, 2.05) is 84.9 Å². The first-order valence-corrected chi connectivity index (χ1v) is 20.9. The Bertz CT molecular complexity index is 2730. The van der Waals surface area contributed by atoms with Crippen LogP contribution in [0.15, 0.2) is 91.1 Å². The second-order valence-corrected chi connectivity index (χ2v) is 16.7. The molecule has 4 aromatic carbocycles. The van der Waals surface area contributed by atoms with E-state index >= 15 is 0 Å². The number of carbonyl (C=O) groups excluding carboxylic acids is 4. The molecule has 4 atom stereocenters. The number of H-pyrrole nitrogens is 2. The molecule has 0 radical (unpaired) electrons. The van der Waals surface area contributed by atoms with Gasteiger partial charge in [-0.2, -0.15) is 0 Å². The zero-order valence-electron chi connectivity index (χ0n) is 35.1. The van der Waals surface area contributed by atoms with Crippen molar-refractivity contribution in [3.8, 4) is 33.5 Å². The molecule has 5 heterocycles. The third-order valence-corrected chi connectivity index (χ3v) is 12.3. The van der Waals surface area contributed by atoms with E-state index < -0.39 is 55.1 Å². The minimum atomic E-state index is -3.14. The van der Waals surface area contributed by atoms with Gasteiger partial charge in [-0.1, -0.05) is 86.6 Å². The van der Waals surface area contributed by atoms with Crippen molar-refractivity contribution in [2.75, 3.05) is 25.7 Å². The maximum Gasteiger partial charge on any atom is 0.407 e. The van der Waals surface area contributed by atoms with Crippen LogP contribution in [0.25, 0.3) is 44.5 Å². The molecule has 16 heteroatoms. The minimum absolute atomic E-state index is 0.193. The number of para-hydroxylation sites is 1. The molecule has 4 amide bonds. The number of likely N-dealkylation sites (tertiary alicyclic amines) is 1. The van der Waals surface area contributed by atoms with Crippen molar-refractivity contribution in [1.82, 2.24) is 35.5 Å². The molecule has 0 spiro atoms. The normalized spacial score (nSPS) is 19.5. The maximum atomic E-state index is 14.9. The van der Waals surface area contributed by atoms with Gasteiger partial charge < -0.3 is 35.0 Å². The van der Waals surface area contributed by atoms with Gasteiger partial charge in [0.05, 0.1) is 61.5 Å². The highest BCUT2D eigenvalue weighted by molar-refractivity contribution is 6.02. The van der Waals surface area contributed by atoms with E-state index in [2.05, 4.69) is 30.3 Å². The lowest BCUT2D eigenvalue weighted by atomic mass is 9.99. The van der Waals surface area contributed by atoms with Gasteiger partial charge in [-0.15, -0.1) is 0 Å². The summed E-state index contributed by atoms with van der Waals surface area (Å²) in [6.07, 6.45) is 1.42. The van der Waals surface area contributed by atoms with Crippen molar-refractivity contribution >= 4 is 40.7 Å². The van der Waals surface area contributed by atoms with Crippen LogP contribution in [0.5, 0.6) is 0 Å². The lowest BCUT2D eigenvalue weighted by molar-refractivity contribution is -0.136. The molecule has 324 valence electrons. The van der Waals surface area contributed by atoms with Crippen LogP contribution in [0.2, 0.25) is 0 Å². The Morgan fingerprint density at radius 3 is 2.16 bits per heavy atom. The number of carbonyl (C=O) groups is 4. The van der Waals surface area contributed by atoms with Gasteiger partial charge in [0.25, 0.3) is 5.92 Å². The average Bonchev–Trinajstić information content (AvgIpc) is 4.08. The molecular formula is C47H46F2N8O6. The number of anilines is 1. The summed E-state index contributed by atoms with van der Waals surface area (Å²) in [5, 5.41) is 5.21. The lowest BCUT2D eigenvalue weighted by Gasteiger charge is -2.29. The minimum Gasteiger partial charge on any atom is -0.453 e. The number of amides is 4. The standard InChI is InChI=1S/C47H46F2N8O6/c1-25(2)39(55-46(61)63-4)44(59)56-24-47(48,49)22-38(56)42-51-33-18-17-31(20-35(33)52-42)28-10-8-26(9-11-28)27-12-14-29(15-13-27)36-23-50-41(53-36)37-21-32-7-5-6-30-16-19-34(54-45(60)62-3)43(58)57(37)40(30)32/h5-15,17-18,20,23,25,34,37-39H,16,19,21-22,24H2,1-4H3,(H,50,53)(H,51,52)(H,54,60)(H,55,61)/t34-,37-,38-,39-/m0/s1. The summed E-state index contributed by atoms with van der Waals surface area (Å²) in [6.45, 7) is 2.66. The summed E-state index contributed by atoms with van der Waals surface area (Å²) in [5.41, 5.74) is 9.81. The van der Waals surface area contributed by atoms with E-state index in [-0.39, 0.29) is 23.7 Å². The summed E-state index contributed by atoms with van der Waals surface area (Å²) in [4.78, 5) is 70.6. The third kappa shape index (κ3) is 7.85. The number of nitrogens with one attached hydrogen (secondary N) is 4.